The van der Waals surface area contributed by atoms with Gasteiger partial charge in [0.15, 0.2) is 9.84 Å². The predicted octanol–water partition coefficient (Wildman–Crippen LogP) is 0.326. The number of rotatable bonds is 4. The first-order valence-corrected chi connectivity index (χ1v) is 9.63. The van der Waals surface area contributed by atoms with Crippen molar-refractivity contribution in [1.29, 1.82) is 0 Å². The van der Waals surface area contributed by atoms with Crippen LogP contribution < -0.4 is 5.32 Å². The molecule has 2 fully saturated rings. The fraction of sp³-hybridized carbons (Fsp3) is 0.917. The smallest absolute Gasteiger partial charge is 0.230 e. The molecular formula is C12H21NO4S2. The number of carbonyl (C=O) groups is 1. The maximum atomic E-state index is 11.8. The highest BCUT2D eigenvalue weighted by atomic mass is 32.2. The second kappa shape index (κ2) is 6.45. The topological polar surface area (TPSA) is 83.5 Å². The van der Waals surface area contributed by atoms with Crippen molar-refractivity contribution in [3.8, 4) is 0 Å². The van der Waals surface area contributed by atoms with E-state index in [4.69, 9.17) is 0 Å². The molecule has 0 aromatic carbocycles. The summed E-state index contributed by atoms with van der Waals surface area (Å²) in [4.78, 5) is 11.8. The quantitative estimate of drug-likeness (QED) is 0.782. The number of aliphatic hydroxyl groups is 1. The predicted molar refractivity (Wildman–Crippen MR) is 75.9 cm³/mol. The molecule has 19 heavy (non-hydrogen) atoms. The van der Waals surface area contributed by atoms with Gasteiger partial charge in [0.25, 0.3) is 0 Å². The molecule has 1 unspecified atom stereocenters. The van der Waals surface area contributed by atoms with Crippen LogP contribution in [0.3, 0.4) is 0 Å². The third-order valence-corrected chi connectivity index (χ3v) is 7.00. The van der Waals surface area contributed by atoms with Crippen molar-refractivity contribution in [1.82, 2.24) is 5.32 Å². The second-order valence-corrected chi connectivity index (χ2v) is 8.88. The molecule has 1 aliphatic carbocycles. The fourth-order valence-electron chi connectivity index (χ4n) is 2.61. The van der Waals surface area contributed by atoms with Crippen LogP contribution in [0.5, 0.6) is 0 Å². The normalized spacial score (nSPS) is 34.1. The second-order valence-electron chi connectivity index (χ2n) is 5.36. The molecular weight excluding hydrogens is 286 g/mol. The molecule has 7 heteroatoms. The summed E-state index contributed by atoms with van der Waals surface area (Å²) in [6.45, 7) is 0. The molecule has 110 valence electrons. The Labute approximate surface area is 118 Å². The van der Waals surface area contributed by atoms with Gasteiger partial charge in [-0.1, -0.05) is 12.8 Å². The zero-order valence-corrected chi connectivity index (χ0v) is 12.5. The molecule has 0 aromatic rings. The van der Waals surface area contributed by atoms with E-state index in [0.717, 1.165) is 25.7 Å². The van der Waals surface area contributed by atoms with Gasteiger partial charge in [-0.3, -0.25) is 4.79 Å². The fourth-order valence-corrected chi connectivity index (χ4v) is 6.07. The number of hydrogen-bond acceptors (Lipinski definition) is 5. The Morgan fingerprint density at radius 1 is 1.26 bits per heavy atom. The van der Waals surface area contributed by atoms with Crippen molar-refractivity contribution in [2.45, 2.75) is 49.5 Å². The average molecular weight is 307 g/mol. The lowest BCUT2D eigenvalue weighted by atomic mass is 9.93. The third kappa shape index (κ3) is 4.65. The summed E-state index contributed by atoms with van der Waals surface area (Å²) in [5.41, 5.74) is 0. The van der Waals surface area contributed by atoms with Gasteiger partial charge in [0.2, 0.25) is 5.91 Å². The van der Waals surface area contributed by atoms with E-state index >= 15 is 0 Å². The maximum Gasteiger partial charge on any atom is 0.230 e. The molecule has 0 spiro atoms. The number of sulfone groups is 1. The van der Waals surface area contributed by atoms with Crippen molar-refractivity contribution in [2.75, 3.05) is 17.3 Å². The molecule has 1 amide bonds. The van der Waals surface area contributed by atoms with Gasteiger partial charge in [-0.05, 0) is 19.3 Å². The maximum absolute atomic E-state index is 11.8. The van der Waals surface area contributed by atoms with Gasteiger partial charge in [0.1, 0.15) is 0 Å². The molecule has 0 aromatic heterocycles. The van der Waals surface area contributed by atoms with Crippen molar-refractivity contribution in [3.05, 3.63) is 0 Å². The van der Waals surface area contributed by atoms with Gasteiger partial charge in [0, 0.05) is 5.25 Å². The highest BCUT2D eigenvalue weighted by Gasteiger charge is 2.29. The number of nitrogens with one attached hydrogen (secondary N) is 1. The number of carbonyl (C=O) groups excluding carboxylic acids is 1. The van der Waals surface area contributed by atoms with Crippen molar-refractivity contribution >= 4 is 27.5 Å². The molecule has 1 saturated carbocycles. The van der Waals surface area contributed by atoms with Crippen LogP contribution in [0.2, 0.25) is 0 Å². The largest absolute Gasteiger partial charge is 0.391 e. The molecule has 3 atom stereocenters. The van der Waals surface area contributed by atoms with E-state index in [1.54, 1.807) is 0 Å². The molecule has 5 nitrogen and oxygen atoms in total. The van der Waals surface area contributed by atoms with Crippen LogP contribution in [0.15, 0.2) is 0 Å². The zero-order valence-electron chi connectivity index (χ0n) is 10.9. The molecule has 1 saturated heterocycles. The van der Waals surface area contributed by atoms with E-state index in [1.807, 2.05) is 0 Å². The zero-order chi connectivity index (χ0) is 13.9. The van der Waals surface area contributed by atoms with E-state index < -0.39 is 15.9 Å². The lowest BCUT2D eigenvalue weighted by Crippen LogP contribution is -2.45. The Morgan fingerprint density at radius 3 is 2.63 bits per heavy atom. The summed E-state index contributed by atoms with van der Waals surface area (Å²) in [5.74, 6) is 0.619. The minimum absolute atomic E-state index is 0.0482. The summed E-state index contributed by atoms with van der Waals surface area (Å²) in [6, 6.07) is -0.130. The van der Waals surface area contributed by atoms with Crippen LogP contribution in [-0.2, 0) is 14.6 Å². The van der Waals surface area contributed by atoms with Crippen LogP contribution in [0, 0.1) is 0 Å². The summed E-state index contributed by atoms with van der Waals surface area (Å²) >= 11 is 1.41. The van der Waals surface area contributed by atoms with Crippen LogP contribution in [0.25, 0.3) is 0 Å². The summed E-state index contributed by atoms with van der Waals surface area (Å²) in [5, 5.41) is 12.7. The minimum atomic E-state index is -2.87. The van der Waals surface area contributed by atoms with E-state index in [-0.39, 0.29) is 34.5 Å². The lowest BCUT2D eigenvalue weighted by molar-refractivity contribution is -0.120. The van der Waals surface area contributed by atoms with Gasteiger partial charge in [-0.25, -0.2) is 8.42 Å². The van der Waals surface area contributed by atoms with Crippen molar-refractivity contribution in [2.24, 2.45) is 0 Å². The standard InChI is InChI=1S/C12H21NO4S2/c14-11-4-2-1-3-10(11)13-12(15)7-18-9-5-6-19(16,17)8-9/h9-11,14H,1-8H2,(H,13,15)/t9?,10-,11-/m1/s1. The summed E-state index contributed by atoms with van der Waals surface area (Å²) in [7, 11) is -2.87. The van der Waals surface area contributed by atoms with Gasteiger partial charge in [-0.15, -0.1) is 11.8 Å². The highest BCUT2D eigenvalue weighted by Crippen LogP contribution is 2.24. The minimum Gasteiger partial charge on any atom is -0.391 e. The van der Waals surface area contributed by atoms with E-state index in [9.17, 15) is 18.3 Å². The van der Waals surface area contributed by atoms with Gasteiger partial charge in [-0.2, -0.15) is 0 Å². The molecule has 2 rings (SSSR count). The molecule has 1 heterocycles. The van der Waals surface area contributed by atoms with E-state index in [0.29, 0.717) is 6.42 Å². The molecule has 0 radical (unpaired) electrons. The summed E-state index contributed by atoms with van der Waals surface area (Å²) in [6.07, 6.45) is 3.84. The number of amides is 1. The van der Waals surface area contributed by atoms with Crippen LogP contribution >= 0.6 is 11.8 Å². The SMILES string of the molecule is O=C(CSC1CCS(=O)(=O)C1)N[C@@H]1CCCC[C@H]1O. The Balaban J connectivity index is 1.70. The first-order chi connectivity index (χ1) is 8.96. The van der Waals surface area contributed by atoms with E-state index in [2.05, 4.69) is 5.32 Å². The molecule has 2 N–H and O–H groups in total. The first kappa shape index (κ1) is 15.1. The van der Waals surface area contributed by atoms with Gasteiger partial charge < -0.3 is 10.4 Å². The molecule has 2 aliphatic rings. The first-order valence-electron chi connectivity index (χ1n) is 6.76. The summed E-state index contributed by atoms with van der Waals surface area (Å²) < 4.78 is 22.6. The number of hydrogen-bond donors (Lipinski definition) is 2. The van der Waals surface area contributed by atoms with E-state index in [1.165, 1.54) is 11.8 Å². The van der Waals surface area contributed by atoms with Gasteiger partial charge >= 0.3 is 0 Å². The Hall–Kier alpha value is -0.270. The Bertz CT molecular complexity index is 423. The Kier molecular flexibility index (Phi) is 5.14. The van der Waals surface area contributed by atoms with Crippen LogP contribution in [0.1, 0.15) is 32.1 Å². The monoisotopic (exact) mass is 307 g/mol. The lowest BCUT2D eigenvalue weighted by Gasteiger charge is -2.28. The van der Waals surface area contributed by atoms with Crippen LogP contribution in [-0.4, -0.2) is 54.1 Å². The van der Waals surface area contributed by atoms with Crippen molar-refractivity contribution < 1.29 is 18.3 Å². The third-order valence-electron chi connectivity index (χ3n) is 3.72. The number of thioether (sulfide) groups is 1. The van der Waals surface area contributed by atoms with Gasteiger partial charge in [0.05, 0.1) is 29.4 Å². The molecule has 1 aliphatic heterocycles. The highest BCUT2D eigenvalue weighted by molar-refractivity contribution is 8.02. The Morgan fingerprint density at radius 2 is 2.00 bits per heavy atom. The molecule has 0 bridgehead atoms. The van der Waals surface area contributed by atoms with Crippen LogP contribution in [0.4, 0.5) is 0 Å². The van der Waals surface area contributed by atoms with Crippen molar-refractivity contribution in [3.63, 3.8) is 0 Å². The average Bonchev–Trinajstić information content (AvgIpc) is 2.69. The number of aliphatic hydroxyl groups excluding tert-OH is 1.